The summed E-state index contributed by atoms with van der Waals surface area (Å²) in [4.78, 5) is 21.7. The Morgan fingerprint density at radius 2 is 0.790 bits per heavy atom. The third kappa shape index (κ3) is 6.11. The Morgan fingerprint density at radius 3 is 1.34 bits per heavy atom. The standard InChI is InChI=1S/C56H40N6/c1-3-15-39(16-4-1)61(40-17-5-2-6-18-40)53-35-47-44-20-8-10-22-46(44)54(36-48(47)43-19-7-9-21-45(43)53)62(41-31-27-37(28-32-41)55-57-49-23-11-12-24-50(49)58-55)42-33-29-38(30-34-42)56-59-51-25-13-14-26-52(51)60-56/h1-7,9,11-36H,8,10H2,(H,57,58)(H,59,60). The van der Waals surface area contributed by atoms with Crippen molar-refractivity contribution in [3.63, 3.8) is 0 Å². The van der Waals surface area contributed by atoms with E-state index >= 15 is 0 Å². The molecule has 0 saturated heterocycles. The summed E-state index contributed by atoms with van der Waals surface area (Å²) >= 11 is 0. The first kappa shape index (κ1) is 35.7. The van der Waals surface area contributed by atoms with Gasteiger partial charge >= 0.3 is 0 Å². The number of hydrogen-bond acceptors (Lipinski definition) is 4. The zero-order valence-corrected chi connectivity index (χ0v) is 33.8. The van der Waals surface area contributed by atoms with Gasteiger partial charge in [-0.05, 0) is 143 Å². The van der Waals surface area contributed by atoms with Crippen LogP contribution in [0, 0.1) is 0 Å². The molecule has 9 aromatic carbocycles. The Bertz CT molecular complexity index is 3350. The molecule has 0 bridgehead atoms. The van der Waals surface area contributed by atoms with Gasteiger partial charge in [0.2, 0.25) is 0 Å². The van der Waals surface area contributed by atoms with E-state index in [0.29, 0.717) is 0 Å². The first-order chi connectivity index (χ1) is 30.7. The summed E-state index contributed by atoms with van der Waals surface area (Å²) in [5, 5.41) is 7.35. The molecule has 0 radical (unpaired) electrons. The number of benzene rings is 9. The van der Waals surface area contributed by atoms with Gasteiger partial charge in [-0.25, -0.2) is 9.97 Å². The molecule has 0 amide bonds. The molecule has 0 saturated carbocycles. The van der Waals surface area contributed by atoms with Crippen LogP contribution in [0.3, 0.4) is 0 Å². The number of imidazole rings is 2. The van der Waals surface area contributed by atoms with Crippen molar-refractivity contribution in [2.24, 2.45) is 0 Å². The lowest BCUT2D eigenvalue weighted by molar-refractivity contribution is 1.12. The number of H-pyrrole nitrogens is 2. The largest absolute Gasteiger partial charge is 0.338 e. The van der Waals surface area contributed by atoms with E-state index in [-0.39, 0.29) is 0 Å². The van der Waals surface area contributed by atoms with Crippen molar-refractivity contribution in [1.82, 2.24) is 19.9 Å². The quantitative estimate of drug-likeness (QED) is 0.150. The van der Waals surface area contributed by atoms with Gasteiger partial charge in [0.1, 0.15) is 11.6 Å². The van der Waals surface area contributed by atoms with Gasteiger partial charge in [0.05, 0.1) is 33.4 Å². The van der Waals surface area contributed by atoms with Crippen LogP contribution < -0.4 is 20.2 Å². The Morgan fingerprint density at radius 1 is 0.355 bits per heavy atom. The monoisotopic (exact) mass is 796 g/mol. The van der Waals surface area contributed by atoms with E-state index in [9.17, 15) is 0 Å². The van der Waals surface area contributed by atoms with Crippen LogP contribution in [0.4, 0.5) is 34.1 Å². The summed E-state index contributed by atoms with van der Waals surface area (Å²) in [5.41, 5.74) is 12.7. The molecule has 6 heteroatoms. The Kier molecular flexibility index (Phi) is 8.52. The van der Waals surface area contributed by atoms with Crippen LogP contribution in [-0.2, 0) is 0 Å². The van der Waals surface area contributed by atoms with Crippen molar-refractivity contribution in [2.75, 3.05) is 9.80 Å². The van der Waals surface area contributed by atoms with Crippen LogP contribution in [0.15, 0.2) is 194 Å². The molecule has 2 aromatic heterocycles. The third-order valence-electron chi connectivity index (χ3n) is 12.2. The molecule has 0 atom stereocenters. The van der Waals surface area contributed by atoms with Gasteiger partial charge in [0, 0.05) is 44.5 Å². The minimum absolute atomic E-state index is 0.854. The van der Waals surface area contributed by atoms with E-state index in [1.165, 1.54) is 32.0 Å². The lowest BCUT2D eigenvalue weighted by atomic mass is 9.93. The fourth-order valence-electron chi connectivity index (χ4n) is 9.24. The summed E-state index contributed by atoms with van der Waals surface area (Å²) in [7, 11) is 0. The van der Waals surface area contributed by atoms with Gasteiger partial charge in [0.15, 0.2) is 0 Å². The number of hydrogen-bond donors (Lipinski definition) is 2. The van der Waals surface area contributed by atoms with Crippen molar-refractivity contribution in [1.29, 1.82) is 0 Å². The predicted molar refractivity (Wildman–Crippen MR) is 258 cm³/mol. The van der Waals surface area contributed by atoms with Gasteiger partial charge in [-0.1, -0.05) is 97.1 Å². The highest BCUT2D eigenvalue weighted by Crippen LogP contribution is 2.43. The minimum atomic E-state index is 0.854. The molecule has 1 aliphatic rings. The Hall–Kier alpha value is -8.22. The maximum Gasteiger partial charge on any atom is 0.138 e. The average Bonchev–Trinajstić information content (AvgIpc) is 3.99. The van der Waals surface area contributed by atoms with E-state index in [4.69, 9.17) is 9.97 Å². The summed E-state index contributed by atoms with van der Waals surface area (Å²) in [6.45, 7) is 0. The van der Waals surface area contributed by atoms with Crippen LogP contribution in [0.5, 0.6) is 0 Å². The normalized spacial score (nSPS) is 12.3. The van der Waals surface area contributed by atoms with Crippen molar-refractivity contribution in [2.45, 2.75) is 12.8 Å². The number of para-hydroxylation sites is 6. The van der Waals surface area contributed by atoms with Crippen molar-refractivity contribution in [3.05, 3.63) is 205 Å². The van der Waals surface area contributed by atoms with E-state index in [0.717, 1.165) is 91.8 Å². The maximum atomic E-state index is 4.92. The molecule has 2 heterocycles. The Labute approximate surface area is 358 Å². The van der Waals surface area contributed by atoms with E-state index < -0.39 is 0 Å². The topological polar surface area (TPSA) is 63.8 Å². The van der Waals surface area contributed by atoms with Crippen LogP contribution in [-0.4, -0.2) is 19.9 Å². The molecule has 12 rings (SSSR count). The zero-order valence-electron chi connectivity index (χ0n) is 33.8. The fraction of sp³-hybridized carbons (Fsp3) is 0.0357. The van der Waals surface area contributed by atoms with Crippen molar-refractivity contribution in [3.8, 4) is 22.8 Å². The zero-order chi connectivity index (χ0) is 41.0. The smallest absolute Gasteiger partial charge is 0.138 e. The predicted octanol–water partition coefficient (Wildman–Crippen LogP) is 13.4. The molecule has 1 aliphatic carbocycles. The molecule has 0 unspecified atom stereocenters. The highest BCUT2D eigenvalue weighted by molar-refractivity contribution is 6.16. The second-order valence-corrected chi connectivity index (χ2v) is 15.9. The second-order valence-electron chi connectivity index (χ2n) is 15.9. The first-order valence-corrected chi connectivity index (χ1v) is 21.2. The van der Waals surface area contributed by atoms with E-state index in [1.54, 1.807) is 0 Å². The van der Waals surface area contributed by atoms with Gasteiger partial charge in [-0.15, -0.1) is 0 Å². The molecule has 294 valence electrons. The summed E-state index contributed by atoms with van der Waals surface area (Å²) in [6.07, 6.45) is 6.83. The SMILES string of the molecule is C1=c2c(N(c3ccc(-c4nc5ccccc5[nH]4)cc3)c3ccc(-c4nc5ccccc5[nH]4)cc3)cc3c(cc(N(c4ccccc4)c4ccccc4)c4ccccc43)c2=CCC1. The summed E-state index contributed by atoms with van der Waals surface area (Å²) in [5.74, 6) is 1.71. The molecule has 2 N–H and O–H groups in total. The molecule has 0 aliphatic heterocycles. The number of anilines is 6. The third-order valence-corrected chi connectivity index (χ3v) is 12.2. The Balaban J connectivity index is 1.07. The van der Waals surface area contributed by atoms with E-state index in [2.05, 4.69) is 190 Å². The molecule has 11 aromatic rings. The average molecular weight is 797 g/mol. The number of aromatic nitrogens is 4. The number of nitrogens with one attached hydrogen (secondary N) is 2. The lowest BCUT2D eigenvalue weighted by Crippen LogP contribution is -2.33. The minimum Gasteiger partial charge on any atom is -0.338 e. The molecule has 62 heavy (non-hydrogen) atoms. The van der Waals surface area contributed by atoms with Gasteiger partial charge in [-0.3, -0.25) is 0 Å². The van der Waals surface area contributed by atoms with Gasteiger partial charge in [-0.2, -0.15) is 0 Å². The number of aromatic amines is 2. The van der Waals surface area contributed by atoms with Gasteiger partial charge in [0.25, 0.3) is 0 Å². The van der Waals surface area contributed by atoms with Gasteiger partial charge < -0.3 is 19.8 Å². The molecular formula is C56H40N6. The highest BCUT2D eigenvalue weighted by atomic mass is 15.2. The summed E-state index contributed by atoms with van der Waals surface area (Å²) in [6, 6.07) is 69.1. The fourth-order valence-corrected chi connectivity index (χ4v) is 9.24. The molecule has 6 nitrogen and oxygen atoms in total. The highest BCUT2D eigenvalue weighted by Gasteiger charge is 2.22. The van der Waals surface area contributed by atoms with Crippen molar-refractivity contribution < 1.29 is 0 Å². The first-order valence-electron chi connectivity index (χ1n) is 21.2. The van der Waals surface area contributed by atoms with Crippen LogP contribution in [0.2, 0.25) is 0 Å². The number of nitrogens with zero attached hydrogens (tertiary/aromatic N) is 4. The maximum absolute atomic E-state index is 4.92. The van der Waals surface area contributed by atoms with Crippen molar-refractivity contribution >= 4 is 89.9 Å². The molecule has 0 spiro atoms. The second kappa shape index (κ2) is 14.8. The van der Waals surface area contributed by atoms with E-state index in [1.807, 2.05) is 36.4 Å². The number of fused-ring (bicyclic) bond motifs is 7. The van der Waals surface area contributed by atoms with Crippen LogP contribution >= 0.6 is 0 Å². The number of rotatable bonds is 8. The molecular weight excluding hydrogens is 757 g/mol. The van der Waals surface area contributed by atoms with Crippen LogP contribution in [0.25, 0.3) is 78.5 Å². The summed E-state index contributed by atoms with van der Waals surface area (Å²) < 4.78 is 0. The lowest BCUT2D eigenvalue weighted by Gasteiger charge is -2.29. The van der Waals surface area contributed by atoms with Crippen LogP contribution in [0.1, 0.15) is 12.8 Å². The molecule has 0 fully saturated rings.